The van der Waals surface area contributed by atoms with Crippen molar-refractivity contribution in [3.05, 3.63) is 57.5 Å². The molecule has 0 bridgehead atoms. The van der Waals surface area contributed by atoms with Crippen LogP contribution < -0.4 is 5.32 Å². The lowest BCUT2D eigenvalue weighted by atomic mass is 9.96. The molecule has 1 saturated heterocycles. The average Bonchev–Trinajstić information content (AvgIpc) is 3.01. The SMILES string of the molecule is Cl.Fc1ccc(C(F)(F)F)c([C@@H](c2cccs2)N2CCNCC2)c1. The van der Waals surface area contributed by atoms with Gasteiger partial charge >= 0.3 is 6.18 Å². The molecule has 0 radical (unpaired) electrons. The number of nitrogens with one attached hydrogen (secondary N) is 1. The van der Waals surface area contributed by atoms with Crippen molar-refractivity contribution in [3.8, 4) is 0 Å². The summed E-state index contributed by atoms with van der Waals surface area (Å²) in [6.07, 6.45) is -4.51. The van der Waals surface area contributed by atoms with Crippen molar-refractivity contribution in [3.63, 3.8) is 0 Å². The van der Waals surface area contributed by atoms with Crippen LogP contribution in [0.15, 0.2) is 35.7 Å². The van der Waals surface area contributed by atoms with E-state index in [2.05, 4.69) is 5.32 Å². The van der Waals surface area contributed by atoms with Gasteiger partial charge in [0.1, 0.15) is 5.82 Å². The van der Waals surface area contributed by atoms with Crippen molar-refractivity contribution in [1.82, 2.24) is 10.2 Å². The molecular formula is C16H17ClF4N2S. The minimum Gasteiger partial charge on any atom is -0.314 e. The second-order valence-electron chi connectivity index (χ2n) is 5.43. The first-order chi connectivity index (χ1) is 11.0. The number of piperazine rings is 1. The van der Waals surface area contributed by atoms with Gasteiger partial charge in [0.2, 0.25) is 0 Å². The summed E-state index contributed by atoms with van der Waals surface area (Å²) in [5.41, 5.74) is -0.780. The maximum atomic E-state index is 13.7. The van der Waals surface area contributed by atoms with E-state index in [0.29, 0.717) is 26.2 Å². The highest BCUT2D eigenvalue weighted by atomic mass is 35.5. The molecule has 0 saturated carbocycles. The fourth-order valence-electron chi connectivity index (χ4n) is 2.94. The van der Waals surface area contributed by atoms with Gasteiger partial charge in [0.15, 0.2) is 0 Å². The second kappa shape index (κ2) is 7.82. The smallest absolute Gasteiger partial charge is 0.314 e. The molecule has 2 nitrogen and oxygen atoms in total. The number of halogens is 5. The minimum atomic E-state index is -4.51. The Morgan fingerprint density at radius 2 is 1.83 bits per heavy atom. The Balaban J connectivity index is 0.00000208. The molecule has 2 heterocycles. The largest absolute Gasteiger partial charge is 0.416 e. The van der Waals surface area contributed by atoms with Crippen LogP contribution in [0.2, 0.25) is 0 Å². The van der Waals surface area contributed by atoms with Crippen LogP contribution in [-0.4, -0.2) is 31.1 Å². The molecule has 24 heavy (non-hydrogen) atoms. The predicted octanol–water partition coefficient (Wildman–Crippen LogP) is 4.32. The minimum absolute atomic E-state index is 0. The van der Waals surface area contributed by atoms with Crippen LogP contribution in [0, 0.1) is 5.82 Å². The molecule has 1 aromatic heterocycles. The third kappa shape index (κ3) is 4.08. The van der Waals surface area contributed by atoms with Crippen molar-refractivity contribution < 1.29 is 17.6 Å². The molecular weight excluding hydrogens is 364 g/mol. The topological polar surface area (TPSA) is 15.3 Å². The lowest BCUT2D eigenvalue weighted by Gasteiger charge is -2.35. The maximum Gasteiger partial charge on any atom is 0.416 e. The van der Waals surface area contributed by atoms with Crippen LogP contribution in [-0.2, 0) is 6.18 Å². The lowest BCUT2D eigenvalue weighted by Crippen LogP contribution is -2.45. The highest BCUT2D eigenvalue weighted by Gasteiger charge is 2.37. The van der Waals surface area contributed by atoms with Gasteiger partial charge in [0.25, 0.3) is 0 Å². The summed E-state index contributed by atoms with van der Waals surface area (Å²) >= 11 is 1.39. The third-order valence-corrected chi connectivity index (χ3v) is 4.87. The van der Waals surface area contributed by atoms with E-state index in [4.69, 9.17) is 0 Å². The van der Waals surface area contributed by atoms with Crippen molar-refractivity contribution in [2.24, 2.45) is 0 Å². The van der Waals surface area contributed by atoms with Gasteiger partial charge in [-0.2, -0.15) is 13.2 Å². The van der Waals surface area contributed by atoms with Gasteiger partial charge in [-0.1, -0.05) is 6.07 Å². The van der Waals surface area contributed by atoms with Crippen LogP contribution >= 0.6 is 23.7 Å². The number of hydrogen-bond donors (Lipinski definition) is 1. The molecule has 0 amide bonds. The molecule has 3 rings (SSSR count). The number of rotatable bonds is 3. The van der Waals surface area contributed by atoms with Gasteiger partial charge in [-0.15, -0.1) is 23.7 Å². The summed E-state index contributed by atoms with van der Waals surface area (Å²) in [5, 5.41) is 5.02. The van der Waals surface area contributed by atoms with E-state index in [1.807, 2.05) is 22.4 Å². The standard InChI is InChI=1S/C16H16F4N2S.ClH/c17-11-3-4-13(16(18,19)20)12(10-11)15(14-2-1-9-23-14)22-7-5-21-6-8-22;/h1-4,9-10,15,21H,5-8H2;1H/t15-;/m0./s1. The zero-order chi connectivity index (χ0) is 16.4. The van der Waals surface area contributed by atoms with Crippen LogP contribution in [0.4, 0.5) is 17.6 Å². The molecule has 1 atom stereocenters. The first-order valence-corrected chi connectivity index (χ1v) is 8.19. The van der Waals surface area contributed by atoms with Gasteiger partial charge < -0.3 is 5.32 Å². The zero-order valence-electron chi connectivity index (χ0n) is 12.6. The number of alkyl halides is 3. The fraction of sp³-hybridized carbons (Fsp3) is 0.375. The number of nitrogens with zero attached hydrogens (tertiary/aromatic N) is 1. The number of thiophene rings is 1. The van der Waals surface area contributed by atoms with E-state index < -0.39 is 23.6 Å². The quantitative estimate of drug-likeness (QED) is 0.798. The van der Waals surface area contributed by atoms with E-state index in [-0.39, 0.29) is 18.0 Å². The fourth-order valence-corrected chi connectivity index (χ4v) is 3.81. The molecule has 0 spiro atoms. The second-order valence-corrected chi connectivity index (χ2v) is 6.41. The summed E-state index contributed by atoms with van der Waals surface area (Å²) < 4.78 is 53.9. The summed E-state index contributed by atoms with van der Waals surface area (Å²) in [6, 6.07) is 5.77. The normalized spacial score (nSPS) is 17.3. The first-order valence-electron chi connectivity index (χ1n) is 7.31. The number of hydrogen-bond acceptors (Lipinski definition) is 3. The molecule has 0 aliphatic carbocycles. The molecule has 2 aromatic rings. The lowest BCUT2D eigenvalue weighted by molar-refractivity contribution is -0.138. The molecule has 8 heteroatoms. The van der Waals surface area contributed by atoms with Gasteiger partial charge in [0.05, 0.1) is 11.6 Å². The monoisotopic (exact) mass is 380 g/mol. The summed E-state index contributed by atoms with van der Waals surface area (Å²) in [5.74, 6) is -0.648. The van der Waals surface area contributed by atoms with Crippen molar-refractivity contribution in [1.29, 1.82) is 0 Å². The average molecular weight is 381 g/mol. The van der Waals surface area contributed by atoms with Gasteiger partial charge in [-0.25, -0.2) is 4.39 Å². The highest BCUT2D eigenvalue weighted by molar-refractivity contribution is 7.10. The Hall–Kier alpha value is -1.15. The van der Waals surface area contributed by atoms with E-state index in [1.165, 1.54) is 11.3 Å². The molecule has 1 N–H and O–H groups in total. The highest BCUT2D eigenvalue weighted by Crippen LogP contribution is 2.40. The molecule has 0 unspecified atom stereocenters. The Labute approximate surface area is 147 Å². The predicted molar refractivity (Wildman–Crippen MR) is 89.3 cm³/mol. The summed E-state index contributed by atoms with van der Waals surface area (Å²) in [4.78, 5) is 2.77. The van der Waals surface area contributed by atoms with Crippen molar-refractivity contribution >= 4 is 23.7 Å². The van der Waals surface area contributed by atoms with Gasteiger partial charge in [0, 0.05) is 31.1 Å². The summed E-state index contributed by atoms with van der Waals surface area (Å²) in [6.45, 7) is 2.66. The Kier molecular flexibility index (Phi) is 6.25. The van der Waals surface area contributed by atoms with Crippen LogP contribution in [0.25, 0.3) is 0 Å². The Morgan fingerprint density at radius 3 is 2.42 bits per heavy atom. The Morgan fingerprint density at radius 1 is 1.12 bits per heavy atom. The molecule has 1 aliphatic rings. The first kappa shape index (κ1) is 19.2. The Bertz CT molecular complexity index is 655. The zero-order valence-corrected chi connectivity index (χ0v) is 14.3. The van der Waals surface area contributed by atoms with Crippen LogP contribution in [0.1, 0.15) is 22.0 Å². The van der Waals surface area contributed by atoms with Crippen LogP contribution in [0.3, 0.4) is 0 Å². The van der Waals surface area contributed by atoms with Crippen molar-refractivity contribution in [2.45, 2.75) is 12.2 Å². The van der Waals surface area contributed by atoms with Crippen molar-refractivity contribution in [2.75, 3.05) is 26.2 Å². The van der Waals surface area contributed by atoms with Crippen LogP contribution in [0.5, 0.6) is 0 Å². The third-order valence-electron chi connectivity index (χ3n) is 3.94. The molecule has 1 aromatic carbocycles. The molecule has 1 aliphatic heterocycles. The van der Waals surface area contributed by atoms with E-state index in [9.17, 15) is 17.6 Å². The van der Waals surface area contributed by atoms with E-state index in [0.717, 1.165) is 23.1 Å². The van der Waals surface area contributed by atoms with E-state index >= 15 is 0 Å². The van der Waals surface area contributed by atoms with E-state index in [1.54, 1.807) is 0 Å². The maximum absolute atomic E-state index is 13.7. The number of benzene rings is 1. The molecule has 132 valence electrons. The van der Waals surface area contributed by atoms with Gasteiger partial charge in [-0.3, -0.25) is 4.90 Å². The van der Waals surface area contributed by atoms with Gasteiger partial charge in [-0.05, 0) is 35.2 Å². The summed E-state index contributed by atoms with van der Waals surface area (Å²) in [7, 11) is 0. The molecule has 1 fully saturated rings.